The summed E-state index contributed by atoms with van der Waals surface area (Å²) in [5.74, 6) is 1.15. The summed E-state index contributed by atoms with van der Waals surface area (Å²) in [5.41, 5.74) is 0.558. The molecule has 2 aromatic carbocycles. The predicted molar refractivity (Wildman–Crippen MR) is 87.7 cm³/mol. The van der Waals surface area contributed by atoms with Gasteiger partial charge in [-0.05, 0) is 12.1 Å². The van der Waals surface area contributed by atoms with Gasteiger partial charge in [-0.3, -0.25) is 14.9 Å². The quantitative estimate of drug-likeness (QED) is 0.539. The molecule has 3 rings (SSSR count). The van der Waals surface area contributed by atoms with Crippen LogP contribution in [0.15, 0.2) is 51.7 Å². The first-order valence-electron chi connectivity index (χ1n) is 6.98. The van der Waals surface area contributed by atoms with Crippen molar-refractivity contribution in [2.45, 2.75) is 0 Å². The van der Waals surface area contributed by atoms with E-state index in [1.807, 2.05) is 0 Å². The van der Waals surface area contributed by atoms with Crippen molar-refractivity contribution in [2.75, 3.05) is 14.2 Å². The summed E-state index contributed by atoms with van der Waals surface area (Å²) in [4.78, 5) is 22.7. The average molecular weight is 327 g/mol. The summed E-state index contributed by atoms with van der Waals surface area (Å²) in [5, 5.41) is 11.0. The van der Waals surface area contributed by atoms with E-state index in [-0.39, 0.29) is 11.1 Å². The second-order valence-electron chi connectivity index (χ2n) is 4.98. The molecule has 7 heteroatoms. The fourth-order valence-electron chi connectivity index (χ4n) is 2.40. The standard InChI is InChI=1S/C17H13NO6/c1-22-12-7-15(23-2)17-13(19)9-14(24-16(17)8-12)10-3-5-11(6-4-10)18(20)21/h3-9H,1-2H3. The molecule has 0 aliphatic carbocycles. The van der Waals surface area contributed by atoms with Gasteiger partial charge in [-0.2, -0.15) is 0 Å². The van der Waals surface area contributed by atoms with Gasteiger partial charge in [0, 0.05) is 35.9 Å². The van der Waals surface area contributed by atoms with Crippen LogP contribution in [0.3, 0.4) is 0 Å². The maximum absolute atomic E-state index is 12.4. The zero-order valence-electron chi connectivity index (χ0n) is 12.9. The number of benzene rings is 2. The lowest BCUT2D eigenvalue weighted by Crippen LogP contribution is -2.03. The van der Waals surface area contributed by atoms with Gasteiger partial charge in [0.1, 0.15) is 28.2 Å². The van der Waals surface area contributed by atoms with Crippen LogP contribution in [0.5, 0.6) is 11.5 Å². The molecule has 3 aromatic rings. The number of nitrogens with zero attached hydrogens (tertiary/aromatic N) is 1. The Morgan fingerprint density at radius 1 is 1.04 bits per heavy atom. The molecule has 0 saturated carbocycles. The van der Waals surface area contributed by atoms with Crippen LogP contribution in [0.25, 0.3) is 22.3 Å². The van der Waals surface area contributed by atoms with Crippen LogP contribution in [0.2, 0.25) is 0 Å². The number of nitro benzene ring substituents is 1. The predicted octanol–water partition coefficient (Wildman–Crippen LogP) is 3.39. The van der Waals surface area contributed by atoms with E-state index >= 15 is 0 Å². The molecule has 0 N–H and O–H groups in total. The second kappa shape index (κ2) is 6.04. The van der Waals surface area contributed by atoms with Crippen molar-refractivity contribution in [3.05, 3.63) is 62.8 Å². The van der Waals surface area contributed by atoms with Gasteiger partial charge in [-0.25, -0.2) is 0 Å². The van der Waals surface area contributed by atoms with Crippen molar-refractivity contribution in [3.63, 3.8) is 0 Å². The smallest absolute Gasteiger partial charge is 0.269 e. The van der Waals surface area contributed by atoms with Crippen molar-refractivity contribution < 1.29 is 18.8 Å². The first-order valence-corrected chi connectivity index (χ1v) is 6.98. The van der Waals surface area contributed by atoms with Crippen molar-refractivity contribution in [1.82, 2.24) is 0 Å². The van der Waals surface area contributed by atoms with Gasteiger partial charge in [0.25, 0.3) is 5.69 Å². The van der Waals surface area contributed by atoms with Gasteiger partial charge < -0.3 is 13.9 Å². The maximum Gasteiger partial charge on any atom is 0.269 e. The average Bonchev–Trinajstić information content (AvgIpc) is 2.60. The minimum absolute atomic E-state index is 0.0368. The molecule has 1 heterocycles. The molecular formula is C17H13NO6. The van der Waals surface area contributed by atoms with Crippen molar-refractivity contribution >= 4 is 16.7 Å². The number of hydrogen-bond donors (Lipinski definition) is 0. The summed E-state index contributed by atoms with van der Waals surface area (Å²) in [6.07, 6.45) is 0. The Bertz CT molecular complexity index is 975. The van der Waals surface area contributed by atoms with E-state index in [0.717, 1.165) is 0 Å². The molecule has 24 heavy (non-hydrogen) atoms. The van der Waals surface area contributed by atoms with E-state index in [1.165, 1.54) is 44.6 Å². The third-order valence-corrected chi connectivity index (χ3v) is 3.59. The number of hydrogen-bond acceptors (Lipinski definition) is 6. The van der Waals surface area contributed by atoms with Crippen LogP contribution < -0.4 is 14.9 Å². The number of ether oxygens (including phenoxy) is 2. The highest BCUT2D eigenvalue weighted by atomic mass is 16.6. The van der Waals surface area contributed by atoms with Gasteiger partial charge in [0.15, 0.2) is 5.43 Å². The Morgan fingerprint density at radius 2 is 1.75 bits per heavy atom. The Morgan fingerprint density at radius 3 is 2.33 bits per heavy atom. The zero-order chi connectivity index (χ0) is 17.3. The highest BCUT2D eigenvalue weighted by Gasteiger charge is 2.14. The summed E-state index contributed by atoms with van der Waals surface area (Å²) in [6.45, 7) is 0. The monoisotopic (exact) mass is 327 g/mol. The maximum atomic E-state index is 12.4. The molecule has 0 aliphatic rings. The van der Waals surface area contributed by atoms with Crippen LogP contribution in [0.4, 0.5) is 5.69 Å². The van der Waals surface area contributed by atoms with Crippen LogP contribution in [-0.4, -0.2) is 19.1 Å². The number of non-ortho nitro benzene ring substituents is 1. The van der Waals surface area contributed by atoms with Gasteiger partial charge in [-0.1, -0.05) is 0 Å². The molecule has 0 aliphatic heterocycles. The third kappa shape index (κ3) is 2.67. The number of nitro groups is 1. The Labute approximate surface area is 136 Å². The van der Waals surface area contributed by atoms with E-state index in [4.69, 9.17) is 13.9 Å². The van der Waals surface area contributed by atoms with Gasteiger partial charge in [0.05, 0.1) is 19.1 Å². The van der Waals surface area contributed by atoms with E-state index in [0.29, 0.717) is 33.8 Å². The SMILES string of the molecule is COc1cc(OC)c2c(=O)cc(-c3ccc([N+](=O)[O-])cc3)oc2c1. The Hall–Kier alpha value is -3.35. The fourth-order valence-corrected chi connectivity index (χ4v) is 2.40. The van der Waals surface area contributed by atoms with E-state index in [1.54, 1.807) is 12.1 Å². The minimum atomic E-state index is -0.490. The van der Waals surface area contributed by atoms with Crippen LogP contribution in [-0.2, 0) is 0 Å². The highest BCUT2D eigenvalue weighted by Crippen LogP contribution is 2.31. The van der Waals surface area contributed by atoms with Crippen molar-refractivity contribution in [1.29, 1.82) is 0 Å². The highest BCUT2D eigenvalue weighted by molar-refractivity contribution is 5.86. The molecule has 7 nitrogen and oxygen atoms in total. The zero-order valence-corrected chi connectivity index (χ0v) is 12.9. The summed E-state index contributed by atoms with van der Waals surface area (Å²) in [7, 11) is 2.96. The van der Waals surface area contributed by atoms with Crippen LogP contribution in [0.1, 0.15) is 0 Å². The molecule has 0 amide bonds. The van der Waals surface area contributed by atoms with E-state index < -0.39 is 4.92 Å². The first-order chi connectivity index (χ1) is 11.5. The molecule has 0 spiro atoms. The minimum Gasteiger partial charge on any atom is -0.496 e. The molecule has 122 valence electrons. The lowest BCUT2D eigenvalue weighted by molar-refractivity contribution is -0.384. The summed E-state index contributed by atoms with van der Waals surface area (Å²) >= 11 is 0. The van der Waals surface area contributed by atoms with Gasteiger partial charge in [0.2, 0.25) is 0 Å². The first kappa shape index (κ1) is 15.5. The topological polar surface area (TPSA) is 91.8 Å². The van der Waals surface area contributed by atoms with Crippen molar-refractivity contribution in [3.8, 4) is 22.8 Å². The largest absolute Gasteiger partial charge is 0.496 e. The number of methoxy groups -OCH3 is 2. The van der Waals surface area contributed by atoms with Crippen molar-refractivity contribution in [2.24, 2.45) is 0 Å². The van der Waals surface area contributed by atoms with E-state index in [9.17, 15) is 14.9 Å². The summed E-state index contributed by atoms with van der Waals surface area (Å²) in [6, 6.07) is 10.3. The molecule has 1 aromatic heterocycles. The molecule has 0 radical (unpaired) electrons. The fraction of sp³-hybridized carbons (Fsp3) is 0.118. The van der Waals surface area contributed by atoms with Gasteiger partial charge in [-0.15, -0.1) is 0 Å². The Kier molecular flexibility index (Phi) is 3.91. The number of rotatable bonds is 4. The molecule has 0 atom stereocenters. The number of fused-ring (bicyclic) bond motifs is 1. The molecular weight excluding hydrogens is 314 g/mol. The van der Waals surface area contributed by atoms with Crippen LogP contribution >= 0.6 is 0 Å². The molecule has 0 fully saturated rings. The molecule has 0 unspecified atom stereocenters. The lowest BCUT2D eigenvalue weighted by atomic mass is 10.1. The molecule has 0 saturated heterocycles. The third-order valence-electron chi connectivity index (χ3n) is 3.59. The summed E-state index contributed by atoms with van der Waals surface area (Å²) < 4.78 is 16.2. The van der Waals surface area contributed by atoms with Crippen LogP contribution in [0, 0.1) is 10.1 Å². The Balaban J connectivity index is 2.20. The van der Waals surface area contributed by atoms with E-state index in [2.05, 4.69) is 0 Å². The lowest BCUT2D eigenvalue weighted by Gasteiger charge is -2.09. The van der Waals surface area contributed by atoms with Gasteiger partial charge >= 0.3 is 0 Å². The molecule has 0 bridgehead atoms. The normalized spacial score (nSPS) is 10.6. The second-order valence-corrected chi connectivity index (χ2v) is 4.98.